The lowest BCUT2D eigenvalue weighted by molar-refractivity contribution is -0.0161. The van der Waals surface area contributed by atoms with Crippen LogP contribution in [0.15, 0.2) is 48.5 Å². The molecule has 2 unspecified atom stereocenters. The number of rotatable bonds is 3. The van der Waals surface area contributed by atoms with Crippen LogP contribution in [0.25, 0.3) is 0 Å². The maximum absolute atomic E-state index is 10.8. The van der Waals surface area contributed by atoms with E-state index in [0.717, 1.165) is 16.9 Å². The molecule has 1 heterocycles. The molecule has 3 N–H and O–H groups in total. The van der Waals surface area contributed by atoms with Crippen LogP contribution < -0.4 is 10.5 Å². The molecule has 0 fully saturated rings. The summed E-state index contributed by atoms with van der Waals surface area (Å²) in [6, 6.07) is 15.2. The summed E-state index contributed by atoms with van der Waals surface area (Å²) in [5.74, 6) is 0.875. The summed E-state index contributed by atoms with van der Waals surface area (Å²) in [5, 5.41) is 11.4. The van der Waals surface area contributed by atoms with Crippen molar-refractivity contribution in [2.24, 2.45) is 11.1 Å². The molecule has 0 amide bonds. The zero-order valence-corrected chi connectivity index (χ0v) is 12.4. The molecule has 0 saturated heterocycles. The fourth-order valence-corrected chi connectivity index (χ4v) is 3.09. The minimum atomic E-state index is -0.713. The summed E-state index contributed by atoms with van der Waals surface area (Å²) in [4.78, 5) is 0. The molecule has 21 heavy (non-hydrogen) atoms. The molecule has 4 heteroatoms. The Morgan fingerprint density at radius 1 is 1.24 bits per heavy atom. The van der Waals surface area contributed by atoms with Crippen LogP contribution in [-0.2, 0) is 6.42 Å². The second-order valence-corrected chi connectivity index (χ2v) is 6.03. The number of fused-ring (bicyclic) bond motifs is 1. The molecule has 0 aromatic heterocycles. The Bertz CT molecular complexity index is 646. The van der Waals surface area contributed by atoms with Gasteiger partial charge in [0.25, 0.3) is 0 Å². The van der Waals surface area contributed by atoms with E-state index in [-0.39, 0.29) is 0 Å². The number of para-hydroxylation sites is 1. The lowest BCUT2D eigenvalue weighted by atomic mass is 9.73. The van der Waals surface area contributed by atoms with Gasteiger partial charge in [-0.3, -0.25) is 0 Å². The molecule has 0 radical (unpaired) electrons. The lowest BCUT2D eigenvalue weighted by Crippen LogP contribution is -2.46. The second kappa shape index (κ2) is 5.68. The van der Waals surface area contributed by atoms with Crippen LogP contribution in [0.5, 0.6) is 5.75 Å². The van der Waals surface area contributed by atoms with Gasteiger partial charge < -0.3 is 15.6 Å². The maximum atomic E-state index is 10.8. The molecule has 2 aromatic carbocycles. The summed E-state index contributed by atoms with van der Waals surface area (Å²) in [6.07, 6.45) is -0.0255. The maximum Gasteiger partial charge on any atom is 0.122 e. The molecule has 0 aliphatic carbocycles. The molecule has 2 atom stereocenters. The minimum absolute atomic E-state index is 0.342. The topological polar surface area (TPSA) is 55.5 Å². The van der Waals surface area contributed by atoms with E-state index in [0.29, 0.717) is 24.6 Å². The van der Waals surface area contributed by atoms with Crippen molar-refractivity contribution in [3.8, 4) is 5.75 Å². The highest BCUT2D eigenvalue weighted by Crippen LogP contribution is 2.42. The van der Waals surface area contributed by atoms with Gasteiger partial charge in [0, 0.05) is 11.6 Å². The molecule has 2 aromatic rings. The number of aliphatic hydroxyl groups is 1. The third-order valence-corrected chi connectivity index (χ3v) is 4.42. The Morgan fingerprint density at radius 3 is 2.81 bits per heavy atom. The van der Waals surface area contributed by atoms with E-state index in [4.69, 9.17) is 22.1 Å². The molecule has 3 rings (SSSR count). The van der Waals surface area contributed by atoms with E-state index in [2.05, 4.69) is 0 Å². The van der Waals surface area contributed by atoms with E-state index in [1.165, 1.54) is 0 Å². The summed E-state index contributed by atoms with van der Waals surface area (Å²) in [5.41, 5.74) is 7.32. The monoisotopic (exact) mass is 303 g/mol. The van der Waals surface area contributed by atoms with Crippen molar-refractivity contribution in [3.05, 3.63) is 64.7 Å². The quantitative estimate of drug-likeness (QED) is 0.916. The van der Waals surface area contributed by atoms with Crippen LogP contribution in [-0.4, -0.2) is 18.3 Å². The van der Waals surface area contributed by atoms with Crippen molar-refractivity contribution in [1.29, 1.82) is 0 Å². The molecule has 3 nitrogen and oxygen atoms in total. The first kappa shape index (κ1) is 14.4. The van der Waals surface area contributed by atoms with Crippen LogP contribution >= 0.6 is 11.6 Å². The van der Waals surface area contributed by atoms with Gasteiger partial charge in [0.2, 0.25) is 0 Å². The Morgan fingerprint density at radius 2 is 2.05 bits per heavy atom. The molecule has 1 aliphatic rings. The van der Waals surface area contributed by atoms with Crippen molar-refractivity contribution in [2.75, 3.05) is 13.2 Å². The molecule has 0 bridgehead atoms. The smallest absolute Gasteiger partial charge is 0.122 e. The number of ether oxygens (including phenoxy) is 1. The molecule has 0 saturated carbocycles. The van der Waals surface area contributed by atoms with Gasteiger partial charge in [0.15, 0.2) is 0 Å². The SMILES string of the molecule is NCC1(C(O)c2cccc(Cl)c2)COc2ccccc2C1. The van der Waals surface area contributed by atoms with Gasteiger partial charge in [-0.05, 0) is 35.7 Å². The highest BCUT2D eigenvalue weighted by atomic mass is 35.5. The van der Waals surface area contributed by atoms with Crippen molar-refractivity contribution in [2.45, 2.75) is 12.5 Å². The van der Waals surface area contributed by atoms with E-state index < -0.39 is 11.5 Å². The van der Waals surface area contributed by atoms with Crippen molar-refractivity contribution in [1.82, 2.24) is 0 Å². The lowest BCUT2D eigenvalue weighted by Gasteiger charge is -2.40. The van der Waals surface area contributed by atoms with Gasteiger partial charge in [-0.15, -0.1) is 0 Å². The van der Waals surface area contributed by atoms with Gasteiger partial charge in [-0.2, -0.15) is 0 Å². The van der Waals surface area contributed by atoms with Crippen LogP contribution in [0.2, 0.25) is 5.02 Å². The third-order valence-electron chi connectivity index (χ3n) is 4.18. The number of benzene rings is 2. The second-order valence-electron chi connectivity index (χ2n) is 5.60. The zero-order valence-electron chi connectivity index (χ0n) is 11.6. The Kier molecular flexibility index (Phi) is 3.89. The predicted octanol–water partition coefficient (Wildman–Crippen LogP) is 2.95. The van der Waals surface area contributed by atoms with E-state index >= 15 is 0 Å². The normalized spacial score (nSPS) is 22.2. The molecule has 0 spiro atoms. The molecular formula is C17H18ClNO2. The largest absolute Gasteiger partial charge is 0.493 e. The van der Waals surface area contributed by atoms with E-state index in [9.17, 15) is 5.11 Å². The average molecular weight is 304 g/mol. The zero-order chi connectivity index (χ0) is 14.9. The molecular weight excluding hydrogens is 286 g/mol. The highest BCUT2D eigenvalue weighted by molar-refractivity contribution is 6.30. The summed E-state index contributed by atoms with van der Waals surface area (Å²) < 4.78 is 5.83. The van der Waals surface area contributed by atoms with Crippen molar-refractivity contribution in [3.63, 3.8) is 0 Å². The first-order valence-electron chi connectivity index (χ1n) is 6.99. The van der Waals surface area contributed by atoms with Gasteiger partial charge in [0.1, 0.15) is 5.75 Å². The van der Waals surface area contributed by atoms with E-state index in [1.54, 1.807) is 12.1 Å². The van der Waals surface area contributed by atoms with Crippen molar-refractivity contribution >= 4 is 11.6 Å². The fourth-order valence-electron chi connectivity index (χ4n) is 2.89. The molecule has 1 aliphatic heterocycles. The van der Waals surface area contributed by atoms with Gasteiger partial charge >= 0.3 is 0 Å². The number of aliphatic hydroxyl groups excluding tert-OH is 1. The van der Waals surface area contributed by atoms with Gasteiger partial charge in [-0.1, -0.05) is 41.9 Å². The predicted molar refractivity (Wildman–Crippen MR) is 83.5 cm³/mol. The van der Waals surface area contributed by atoms with Crippen LogP contribution in [0.1, 0.15) is 17.2 Å². The third kappa shape index (κ3) is 2.64. The summed E-state index contributed by atoms with van der Waals surface area (Å²) in [7, 11) is 0. The van der Waals surface area contributed by atoms with Crippen molar-refractivity contribution < 1.29 is 9.84 Å². The van der Waals surface area contributed by atoms with E-state index in [1.807, 2.05) is 36.4 Å². The van der Waals surface area contributed by atoms with Crippen LogP contribution in [0.4, 0.5) is 0 Å². The Labute approximate surface area is 129 Å². The minimum Gasteiger partial charge on any atom is -0.493 e. The first-order valence-corrected chi connectivity index (χ1v) is 7.37. The van der Waals surface area contributed by atoms with Gasteiger partial charge in [-0.25, -0.2) is 0 Å². The summed E-state index contributed by atoms with van der Waals surface area (Å²) in [6.45, 7) is 0.739. The first-order chi connectivity index (χ1) is 10.1. The Balaban J connectivity index is 1.95. The Hall–Kier alpha value is -1.55. The van der Waals surface area contributed by atoms with Crippen LogP contribution in [0.3, 0.4) is 0 Å². The number of hydrogen-bond acceptors (Lipinski definition) is 3. The summed E-state index contributed by atoms with van der Waals surface area (Å²) >= 11 is 6.02. The standard InChI is InChI=1S/C17H18ClNO2/c18-14-6-3-5-12(8-14)16(20)17(10-19)9-13-4-1-2-7-15(13)21-11-17/h1-8,16,20H,9-11,19H2. The number of halogens is 1. The highest BCUT2D eigenvalue weighted by Gasteiger charge is 2.42. The average Bonchev–Trinajstić information content (AvgIpc) is 2.53. The fraction of sp³-hybridized carbons (Fsp3) is 0.294. The number of nitrogens with two attached hydrogens (primary N) is 1. The molecule has 110 valence electrons. The number of hydrogen-bond donors (Lipinski definition) is 2. The van der Waals surface area contributed by atoms with Gasteiger partial charge in [0.05, 0.1) is 18.1 Å². The van der Waals surface area contributed by atoms with Crippen LogP contribution in [0, 0.1) is 5.41 Å².